The van der Waals surface area contributed by atoms with Crippen molar-refractivity contribution in [3.63, 3.8) is 0 Å². The van der Waals surface area contributed by atoms with Crippen molar-refractivity contribution in [2.75, 3.05) is 0 Å². The first kappa shape index (κ1) is 90.0. The fraction of sp³-hybridized carbons (Fsp3) is 0.978. The molecule has 90 heavy (non-hydrogen) atoms. The van der Waals surface area contributed by atoms with Crippen LogP contribution in [0, 0.1) is 13.8 Å². The Labute approximate surface area is 575 Å². The predicted octanol–water partition coefficient (Wildman–Crippen LogP) is 35.0. The highest BCUT2D eigenvalue weighted by Gasteiger charge is 2.03. The molecule has 0 heterocycles. The summed E-state index contributed by atoms with van der Waals surface area (Å²) in [4.78, 5) is 0. The summed E-state index contributed by atoms with van der Waals surface area (Å²) in [6, 6.07) is 0. The van der Waals surface area contributed by atoms with E-state index in [1.165, 1.54) is 552 Å². The number of hydrogen-bond donors (Lipinski definition) is 0. The van der Waals surface area contributed by atoms with Crippen molar-refractivity contribution in [3.8, 4) is 0 Å². The van der Waals surface area contributed by atoms with Gasteiger partial charge in [0.1, 0.15) is 0 Å². The van der Waals surface area contributed by atoms with Gasteiger partial charge >= 0.3 is 0 Å². The van der Waals surface area contributed by atoms with E-state index in [4.69, 9.17) is 0 Å². The Bertz CT molecular complexity index is 1050. The molecule has 0 aromatic rings. The van der Waals surface area contributed by atoms with Crippen LogP contribution in [0.1, 0.15) is 565 Å². The highest BCUT2D eigenvalue weighted by molar-refractivity contribution is 4.59. The lowest BCUT2D eigenvalue weighted by molar-refractivity contribution is 0.505. The normalized spacial score (nSPS) is 11.8. The van der Waals surface area contributed by atoms with Crippen LogP contribution in [0.25, 0.3) is 0 Å². The molecule has 0 heteroatoms. The monoisotopic (exact) mass is 1260 g/mol. The first-order chi connectivity index (χ1) is 44.9. The second-order valence-electron chi connectivity index (χ2n) is 31.1. The molecule has 0 bridgehead atoms. The lowest BCUT2D eigenvalue weighted by Gasteiger charge is -2.05. The van der Waals surface area contributed by atoms with E-state index < -0.39 is 0 Å². The fourth-order valence-corrected chi connectivity index (χ4v) is 15.2. The number of unbranched alkanes of at least 4 members (excludes halogenated alkanes) is 87. The highest BCUT2D eigenvalue weighted by Crippen LogP contribution is 2.23. The van der Waals surface area contributed by atoms with Crippen LogP contribution < -0.4 is 0 Å². The van der Waals surface area contributed by atoms with Crippen molar-refractivity contribution in [3.05, 3.63) is 13.8 Å². The van der Waals surface area contributed by atoms with Crippen molar-refractivity contribution < 1.29 is 0 Å². The molecule has 0 amide bonds. The lowest BCUT2D eigenvalue weighted by atomic mass is 10.0. The van der Waals surface area contributed by atoms with E-state index in [1.54, 1.807) is 0 Å². The molecule has 0 unspecified atom stereocenters. The van der Waals surface area contributed by atoms with Crippen LogP contribution in [0.2, 0.25) is 0 Å². The largest absolute Gasteiger partial charge is 0.0533 e. The predicted molar refractivity (Wildman–Crippen MR) is 417 cm³/mol. The maximum absolute atomic E-state index is 3.95. The molecule has 0 rings (SSSR count). The molecule has 0 aliphatic heterocycles. The smallest absolute Gasteiger partial charge is 0.0533 e. The molecule has 0 atom stereocenters. The van der Waals surface area contributed by atoms with E-state index in [0.717, 1.165) is 12.8 Å². The van der Waals surface area contributed by atoms with Gasteiger partial charge in [-0.2, -0.15) is 0 Å². The summed E-state index contributed by atoms with van der Waals surface area (Å²) in [7, 11) is 0. The third-order valence-electron chi connectivity index (χ3n) is 21.7. The summed E-state index contributed by atoms with van der Waals surface area (Å²) in [5.41, 5.74) is 0. The zero-order chi connectivity index (χ0) is 64.2. The first-order valence-electron chi connectivity index (χ1n) is 44.5. The number of hydrogen-bond acceptors (Lipinski definition) is 0. The van der Waals surface area contributed by atoms with Crippen molar-refractivity contribution in [1.29, 1.82) is 0 Å². The minimum atomic E-state index is 1.12. The molecule has 0 N–H and O–H groups in total. The van der Waals surface area contributed by atoms with E-state index in [2.05, 4.69) is 13.8 Å². The lowest BCUT2D eigenvalue weighted by Crippen LogP contribution is -1.85. The zero-order valence-corrected chi connectivity index (χ0v) is 63.6. The molecule has 2 radical (unpaired) electrons. The first-order valence-corrected chi connectivity index (χ1v) is 44.5. The molecule has 0 aliphatic carbocycles. The maximum atomic E-state index is 3.95. The Morgan fingerprint density at radius 3 is 0.122 bits per heavy atom. The van der Waals surface area contributed by atoms with Gasteiger partial charge in [0.05, 0.1) is 0 Å². The third kappa shape index (κ3) is 88.0. The molecule has 0 aromatic heterocycles. The van der Waals surface area contributed by atoms with Gasteiger partial charge in [-0.1, -0.05) is 579 Å². The molecule has 0 saturated carbocycles. The molecule has 0 spiro atoms. The van der Waals surface area contributed by atoms with Crippen molar-refractivity contribution in [2.45, 2.75) is 565 Å². The average molecular weight is 1260 g/mol. The van der Waals surface area contributed by atoms with Gasteiger partial charge in [0.2, 0.25) is 0 Å². The summed E-state index contributed by atoms with van der Waals surface area (Å²) in [6.45, 7) is 7.90. The highest BCUT2D eigenvalue weighted by atomic mass is 14.1. The minimum absolute atomic E-state index is 1.12. The molecule has 540 valence electrons. The molecular weight excluding hydrogens is 1080 g/mol. The number of rotatable bonds is 87. The Kier molecular flexibility index (Phi) is 89.0. The second-order valence-corrected chi connectivity index (χ2v) is 31.1. The van der Waals surface area contributed by atoms with Crippen molar-refractivity contribution in [1.82, 2.24) is 0 Å². The average Bonchev–Trinajstić information content (AvgIpc) is 3.55. The standard InChI is InChI=1S/C90H180/c1-3-5-7-9-11-13-15-17-19-21-23-25-27-29-31-33-35-37-39-41-43-45-47-49-51-53-55-57-59-61-63-65-67-69-71-73-75-77-79-81-83-85-87-89-90-88-86-84-82-80-78-76-74-72-70-68-66-64-62-60-58-56-54-52-50-48-46-44-42-40-38-36-34-32-30-28-26-24-22-20-18-16-14-12-10-8-6-4-2/h1-90H2. The SMILES string of the molecule is [CH2]CCCCCCCCCCCCCCCCCCCCCCCCCCCCCCCCCCCCCCCCCCCCCCCCCCCCCCCCCCCCCCCCCCCCCCCCCCCCCCCCCCCCCCCC[CH2]. The molecule has 0 nitrogen and oxygen atoms in total. The van der Waals surface area contributed by atoms with Gasteiger partial charge in [0, 0.05) is 0 Å². The summed E-state index contributed by atoms with van der Waals surface area (Å²) >= 11 is 0. The fourth-order valence-electron chi connectivity index (χ4n) is 15.2. The van der Waals surface area contributed by atoms with Gasteiger partial charge < -0.3 is 0 Å². The topological polar surface area (TPSA) is 0 Å². The van der Waals surface area contributed by atoms with E-state index in [9.17, 15) is 0 Å². The maximum Gasteiger partial charge on any atom is -0.0533 e. The van der Waals surface area contributed by atoms with Crippen LogP contribution in [0.4, 0.5) is 0 Å². The molecule has 0 aliphatic rings. The van der Waals surface area contributed by atoms with Crippen LogP contribution in [-0.4, -0.2) is 0 Å². The van der Waals surface area contributed by atoms with Gasteiger partial charge in [0.25, 0.3) is 0 Å². The van der Waals surface area contributed by atoms with Crippen molar-refractivity contribution >= 4 is 0 Å². The van der Waals surface area contributed by atoms with Crippen LogP contribution in [0.5, 0.6) is 0 Å². The molecule has 0 aromatic carbocycles. The Hall–Kier alpha value is 0. The van der Waals surface area contributed by atoms with Gasteiger partial charge in [-0.25, -0.2) is 0 Å². The van der Waals surface area contributed by atoms with Crippen LogP contribution in [0.15, 0.2) is 0 Å². The van der Waals surface area contributed by atoms with Crippen LogP contribution in [0.3, 0.4) is 0 Å². The summed E-state index contributed by atoms with van der Waals surface area (Å²) in [5, 5.41) is 0. The van der Waals surface area contributed by atoms with E-state index >= 15 is 0 Å². The Morgan fingerprint density at radius 2 is 0.0889 bits per heavy atom. The Morgan fingerprint density at radius 1 is 0.0556 bits per heavy atom. The van der Waals surface area contributed by atoms with E-state index in [1.807, 2.05) is 0 Å². The van der Waals surface area contributed by atoms with Gasteiger partial charge in [0.15, 0.2) is 0 Å². The van der Waals surface area contributed by atoms with Gasteiger partial charge in [-0.3, -0.25) is 0 Å². The van der Waals surface area contributed by atoms with E-state index in [0.29, 0.717) is 0 Å². The summed E-state index contributed by atoms with van der Waals surface area (Å²) < 4.78 is 0. The molecular formula is C90H180. The van der Waals surface area contributed by atoms with Crippen LogP contribution >= 0.6 is 0 Å². The van der Waals surface area contributed by atoms with Gasteiger partial charge in [-0.15, -0.1) is 0 Å². The molecule has 0 saturated heterocycles. The zero-order valence-electron chi connectivity index (χ0n) is 63.6. The quantitative estimate of drug-likeness (QED) is 0.0533. The van der Waals surface area contributed by atoms with Gasteiger partial charge in [-0.05, 0) is 0 Å². The second kappa shape index (κ2) is 89.0. The Balaban J connectivity index is 3.08. The van der Waals surface area contributed by atoms with Crippen LogP contribution in [-0.2, 0) is 0 Å². The minimum Gasteiger partial charge on any atom is -0.0533 e. The van der Waals surface area contributed by atoms with Crippen molar-refractivity contribution in [2.24, 2.45) is 0 Å². The molecule has 0 fully saturated rings. The van der Waals surface area contributed by atoms with E-state index in [-0.39, 0.29) is 0 Å². The summed E-state index contributed by atoms with van der Waals surface area (Å²) in [6.07, 6.45) is 130. The third-order valence-corrected chi connectivity index (χ3v) is 21.7. The summed E-state index contributed by atoms with van der Waals surface area (Å²) in [5.74, 6) is 0.